The molecule has 6 heteroatoms. The second-order valence-corrected chi connectivity index (χ2v) is 7.90. The third-order valence-corrected chi connectivity index (χ3v) is 4.73. The number of benzene rings is 2. The summed E-state index contributed by atoms with van der Waals surface area (Å²) in [4.78, 5) is 0. The number of ether oxygens (including phenoxy) is 2. The van der Waals surface area contributed by atoms with E-state index in [9.17, 15) is 0 Å². The summed E-state index contributed by atoms with van der Waals surface area (Å²) in [5, 5.41) is 4.20. The first-order valence-electron chi connectivity index (χ1n) is 9.02. The highest BCUT2D eigenvalue weighted by Crippen LogP contribution is 2.37. The Bertz CT molecular complexity index is 693. The fourth-order valence-corrected chi connectivity index (χ4v) is 3.22. The van der Waals surface area contributed by atoms with Gasteiger partial charge in [-0.1, -0.05) is 37.6 Å². The van der Waals surface area contributed by atoms with E-state index >= 15 is 0 Å². The lowest BCUT2D eigenvalue weighted by atomic mass is 10.1. The Labute approximate surface area is 182 Å². The molecule has 0 amide bonds. The van der Waals surface area contributed by atoms with Gasteiger partial charge in [0.25, 0.3) is 0 Å². The molecule has 0 aliphatic heterocycles. The lowest BCUT2D eigenvalue weighted by Gasteiger charge is -2.16. The Hall–Kier alpha value is -0.940. The molecule has 27 heavy (non-hydrogen) atoms. The average molecular weight is 477 g/mol. The van der Waals surface area contributed by atoms with Crippen molar-refractivity contribution in [2.24, 2.45) is 5.92 Å². The van der Waals surface area contributed by atoms with Crippen molar-refractivity contribution < 1.29 is 9.47 Å². The smallest absolute Gasteiger partial charge is 0.175 e. The first-order valence-corrected chi connectivity index (χ1v) is 10.2. The van der Waals surface area contributed by atoms with E-state index in [-0.39, 0.29) is 12.4 Å². The normalized spacial score (nSPS) is 10.6. The van der Waals surface area contributed by atoms with Gasteiger partial charge in [0.1, 0.15) is 6.61 Å². The molecule has 0 saturated heterocycles. The fraction of sp³-hybridized carbons (Fsp3) is 0.429. The summed E-state index contributed by atoms with van der Waals surface area (Å²) >= 11 is 9.56. The molecule has 0 aliphatic rings. The van der Waals surface area contributed by atoms with E-state index in [4.69, 9.17) is 21.1 Å². The molecule has 0 heterocycles. The molecule has 2 rings (SSSR count). The Kier molecular flexibility index (Phi) is 11.2. The predicted molar refractivity (Wildman–Crippen MR) is 120 cm³/mol. The summed E-state index contributed by atoms with van der Waals surface area (Å²) in [5.41, 5.74) is 2.23. The number of hydrogen-bond acceptors (Lipinski definition) is 3. The fourth-order valence-electron chi connectivity index (χ4n) is 2.49. The lowest BCUT2D eigenvalue weighted by Crippen LogP contribution is -2.16. The van der Waals surface area contributed by atoms with Crippen LogP contribution in [0.1, 0.15) is 38.3 Å². The average Bonchev–Trinajstić information content (AvgIpc) is 2.59. The molecule has 0 atom stereocenters. The van der Waals surface area contributed by atoms with Crippen molar-refractivity contribution in [3.8, 4) is 11.5 Å². The van der Waals surface area contributed by atoms with Gasteiger partial charge in [0.2, 0.25) is 0 Å². The van der Waals surface area contributed by atoms with Crippen molar-refractivity contribution in [3.05, 3.63) is 57.0 Å². The van der Waals surface area contributed by atoms with Crippen LogP contribution in [0.5, 0.6) is 11.5 Å². The lowest BCUT2D eigenvalue weighted by molar-refractivity contribution is 0.267. The number of rotatable bonds is 10. The van der Waals surface area contributed by atoms with E-state index in [1.807, 2.05) is 37.3 Å². The third kappa shape index (κ3) is 8.30. The Balaban J connectivity index is 0.00000364. The SMILES string of the molecule is CCOc1cc(CNCCC(C)C)cc(Br)c1OCc1ccc(Cl)cc1.Cl. The summed E-state index contributed by atoms with van der Waals surface area (Å²) in [6.07, 6.45) is 1.17. The zero-order valence-electron chi connectivity index (χ0n) is 16.1. The Morgan fingerprint density at radius 2 is 1.78 bits per heavy atom. The largest absolute Gasteiger partial charge is 0.490 e. The van der Waals surface area contributed by atoms with Gasteiger partial charge in [0, 0.05) is 11.6 Å². The summed E-state index contributed by atoms with van der Waals surface area (Å²) in [6, 6.07) is 11.8. The molecule has 0 spiro atoms. The molecule has 2 aromatic carbocycles. The minimum absolute atomic E-state index is 0. The van der Waals surface area contributed by atoms with Crippen molar-refractivity contribution in [1.82, 2.24) is 5.32 Å². The number of hydrogen-bond donors (Lipinski definition) is 1. The van der Waals surface area contributed by atoms with Crippen molar-refractivity contribution in [2.45, 2.75) is 40.3 Å². The zero-order valence-corrected chi connectivity index (χ0v) is 19.2. The standard InChI is InChI=1S/C21H27BrClNO2.ClH/c1-4-25-20-12-17(13-24-10-9-15(2)3)11-19(22)21(20)26-14-16-5-7-18(23)8-6-16;/h5-8,11-12,15,24H,4,9-10,13-14H2,1-3H3;1H. The minimum Gasteiger partial charge on any atom is -0.490 e. The molecule has 0 fully saturated rings. The van der Waals surface area contributed by atoms with Gasteiger partial charge in [-0.2, -0.15) is 0 Å². The van der Waals surface area contributed by atoms with Crippen molar-refractivity contribution in [1.29, 1.82) is 0 Å². The molecule has 0 saturated carbocycles. The first kappa shape index (κ1) is 24.1. The van der Waals surface area contributed by atoms with Crippen LogP contribution >= 0.6 is 39.9 Å². The molecule has 0 radical (unpaired) electrons. The summed E-state index contributed by atoms with van der Waals surface area (Å²) in [7, 11) is 0. The number of nitrogens with one attached hydrogen (secondary N) is 1. The van der Waals surface area contributed by atoms with E-state index in [0.29, 0.717) is 19.1 Å². The van der Waals surface area contributed by atoms with Gasteiger partial charge in [-0.05, 0) is 77.1 Å². The second kappa shape index (κ2) is 12.5. The highest BCUT2D eigenvalue weighted by atomic mass is 79.9. The molecular formula is C21H28BrCl2NO2. The number of halogens is 3. The molecule has 0 unspecified atom stereocenters. The van der Waals surface area contributed by atoms with Crippen LogP contribution in [0.3, 0.4) is 0 Å². The maximum Gasteiger partial charge on any atom is 0.175 e. The van der Waals surface area contributed by atoms with Crippen molar-refractivity contribution in [2.75, 3.05) is 13.2 Å². The highest BCUT2D eigenvalue weighted by Gasteiger charge is 2.13. The third-order valence-electron chi connectivity index (χ3n) is 3.89. The Morgan fingerprint density at radius 1 is 1.07 bits per heavy atom. The van der Waals surface area contributed by atoms with E-state index in [1.54, 1.807) is 0 Å². The molecular weight excluding hydrogens is 449 g/mol. The van der Waals surface area contributed by atoms with Crippen LogP contribution in [0.2, 0.25) is 5.02 Å². The molecule has 1 N–H and O–H groups in total. The van der Waals surface area contributed by atoms with Crippen LogP contribution < -0.4 is 14.8 Å². The molecule has 0 bridgehead atoms. The molecule has 3 nitrogen and oxygen atoms in total. The maximum atomic E-state index is 6.02. The van der Waals surface area contributed by atoms with Crippen molar-refractivity contribution in [3.63, 3.8) is 0 Å². The molecule has 150 valence electrons. The van der Waals surface area contributed by atoms with Gasteiger partial charge in [0.05, 0.1) is 11.1 Å². The highest BCUT2D eigenvalue weighted by molar-refractivity contribution is 9.10. The van der Waals surface area contributed by atoms with E-state index in [1.165, 1.54) is 12.0 Å². The van der Waals surface area contributed by atoms with Crippen LogP contribution in [0.25, 0.3) is 0 Å². The molecule has 0 aromatic heterocycles. The van der Waals surface area contributed by atoms with Gasteiger partial charge in [-0.15, -0.1) is 12.4 Å². The van der Waals surface area contributed by atoms with Crippen LogP contribution in [-0.4, -0.2) is 13.2 Å². The van der Waals surface area contributed by atoms with E-state index in [2.05, 4.69) is 41.2 Å². The van der Waals surface area contributed by atoms with E-state index < -0.39 is 0 Å². The van der Waals surface area contributed by atoms with Gasteiger partial charge >= 0.3 is 0 Å². The van der Waals surface area contributed by atoms with Gasteiger partial charge in [-0.3, -0.25) is 0 Å². The maximum absolute atomic E-state index is 6.02. The second-order valence-electron chi connectivity index (χ2n) is 6.61. The van der Waals surface area contributed by atoms with Crippen LogP contribution in [0, 0.1) is 5.92 Å². The molecule has 2 aromatic rings. The van der Waals surface area contributed by atoms with Gasteiger partial charge < -0.3 is 14.8 Å². The van der Waals surface area contributed by atoms with E-state index in [0.717, 1.165) is 39.6 Å². The van der Waals surface area contributed by atoms with Gasteiger partial charge in [-0.25, -0.2) is 0 Å². The van der Waals surface area contributed by atoms with Crippen LogP contribution in [-0.2, 0) is 13.2 Å². The Morgan fingerprint density at radius 3 is 2.41 bits per heavy atom. The minimum atomic E-state index is 0. The summed E-state index contributed by atoms with van der Waals surface area (Å²) in [6.45, 7) is 9.31. The zero-order chi connectivity index (χ0) is 18.9. The molecule has 0 aliphatic carbocycles. The van der Waals surface area contributed by atoms with Gasteiger partial charge in [0.15, 0.2) is 11.5 Å². The summed E-state index contributed by atoms with van der Waals surface area (Å²) in [5.74, 6) is 2.20. The topological polar surface area (TPSA) is 30.5 Å². The van der Waals surface area contributed by atoms with Crippen molar-refractivity contribution >= 4 is 39.9 Å². The quantitative estimate of drug-likeness (QED) is 0.390. The monoisotopic (exact) mass is 475 g/mol. The first-order chi connectivity index (χ1) is 12.5. The van der Waals surface area contributed by atoms with Crippen LogP contribution in [0.15, 0.2) is 40.9 Å². The van der Waals surface area contributed by atoms with Crippen LogP contribution in [0.4, 0.5) is 0 Å². The predicted octanol–water partition coefficient (Wildman–Crippen LogP) is 6.64. The summed E-state index contributed by atoms with van der Waals surface area (Å²) < 4.78 is 12.7.